The molecule has 0 saturated carbocycles. The number of thioether (sulfide) groups is 1. The normalized spacial score (nSPS) is 12.1. The summed E-state index contributed by atoms with van der Waals surface area (Å²) in [6.45, 7) is 3.71. The Labute approximate surface area is 144 Å². The van der Waals surface area contributed by atoms with E-state index in [0.29, 0.717) is 12.5 Å². The van der Waals surface area contributed by atoms with E-state index < -0.39 is 0 Å². The molecule has 1 aromatic heterocycles. The van der Waals surface area contributed by atoms with Crippen LogP contribution < -0.4 is 10.1 Å². The van der Waals surface area contributed by atoms with Gasteiger partial charge in [0.25, 0.3) is 0 Å². The lowest BCUT2D eigenvalue weighted by molar-refractivity contribution is -0.380. The zero-order chi connectivity index (χ0) is 16.7. The first-order valence-corrected chi connectivity index (χ1v) is 9.15. The molecule has 0 aliphatic heterocycles. The van der Waals surface area contributed by atoms with E-state index in [1.54, 1.807) is 24.9 Å². The second kappa shape index (κ2) is 8.90. The number of nitrogens with zero attached hydrogens (tertiary/aromatic N) is 1. The predicted molar refractivity (Wildman–Crippen MR) is 95.6 cm³/mol. The molecule has 2 aromatic rings. The molecule has 1 aromatic carbocycles. The molecule has 124 valence electrons. The van der Waals surface area contributed by atoms with Gasteiger partial charge in [-0.25, -0.2) is 0 Å². The summed E-state index contributed by atoms with van der Waals surface area (Å²) in [7, 11) is 1.68. The molecule has 5 nitrogen and oxygen atoms in total. The molecule has 1 N–H and O–H groups in total. The van der Waals surface area contributed by atoms with Gasteiger partial charge in [0.2, 0.25) is 0 Å². The summed E-state index contributed by atoms with van der Waals surface area (Å²) in [5.74, 6) is 2.37. The van der Waals surface area contributed by atoms with Crippen molar-refractivity contribution in [2.75, 3.05) is 19.4 Å². The van der Waals surface area contributed by atoms with Gasteiger partial charge in [-0.15, -0.1) is 11.8 Å². The second-order valence-electron chi connectivity index (χ2n) is 5.25. The van der Waals surface area contributed by atoms with Crippen molar-refractivity contribution in [1.29, 1.82) is 0 Å². The van der Waals surface area contributed by atoms with Crippen molar-refractivity contribution in [2.45, 2.75) is 18.4 Å². The molecule has 23 heavy (non-hydrogen) atoms. The lowest BCUT2D eigenvalue weighted by Gasteiger charge is -2.13. The van der Waals surface area contributed by atoms with Crippen molar-refractivity contribution in [2.24, 2.45) is 5.92 Å². The van der Waals surface area contributed by atoms with Gasteiger partial charge in [-0.3, -0.25) is 10.1 Å². The molecule has 1 atom stereocenters. The molecule has 0 amide bonds. The van der Waals surface area contributed by atoms with E-state index in [9.17, 15) is 10.1 Å². The van der Waals surface area contributed by atoms with Gasteiger partial charge in [-0.05, 0) is 30.2 Å². The fraction of sp³-hybridized carbons (Fsp3) is 0.375. The monoisotopic (exact) mass is 352 g/mol. The van der Waals surface area contributed by atoms with E-state index in [-0.39, 0.29) is 9.92 Å². The van der Waals surface area contributed by atoms with Gasteiger partial charge in [-0.1, -0.05) is 30.4 Å². The molecule has 0 fully saturated rings. The highest BCUT2D eigenvalue weighted by molar-refractivity contribution is 7.99. The summed E-state index contributed by atoms with van der Waals surface area (Å²) < 4.78 is 5.35. The molecular weight excluding hydrogens is 332 g/mol. The number of ether oxygens (including phenoxy) is 1. The fourth-order valence-corrected chi connectivity index (χ4v) is 3.82. The van der Waals surface area contributed by atoms with Gasteiger partial charge in [0.05, 0.1) is 12.0 Å². The lowest BCUT2D eigenvalue weighted by atomic mass is 10.2. The first kappa shape index (κ1) is 17.8. The number of nitrogens with one attached hydrogen (secondary N) is 1. The summed E-state index contributed by atoms with van der Waals surface area (Å²) >= 11 is 2.95. The predicted octanol–water partition coefficient (Wildman–Crippen LogP) is 4.18. The van der Waals surface area contributed by atoms with Gasteiger partial charge in [0.15, 0.2) is 0 Å². The van der Waals surface area contributed by atoms with Crippen LogP contribution in [0.4, 0.5) is 5.00 Å². The van der Waals surface area contributed by atoms with Crippen molar-refractivity contribution in [3.63, 3.8) is 0 Å². The first-order chi connectivity index (χ1) is 11.1. The molecule has 0 bridgehead atoms. The number of thiophene rings is 1. The van der Waals surface area contributed by atoms with E-state index in [4.69, 9.17) is 4.74 Å². The van der Waals surface area contributed by atoms with E-state index >= 15 is 0 Å². The van der Waals surface area contributed by atoms with E-state index in [2.05, 4.69) is 18.3 Å². The van der Waals surface area contributed by atoms with Crippen LogP contribution >= 0.6 is 23.1 Å². The van der Waals surface area contributed by atoms with Gasteiger partial charge in [-0.2, -0.15) is 0 Å². The molecule has 2 rings (SSSR count). The Bertz CT molecular complexity index is 646. The molecule has 1 unspecified atom stereocenters. The summed E-state index contributed by atoms with van der Waals surface area (Å²) in [5, 5.41) is 16.0. The standard InChI is InChI=1S/C16H20N2O3S2/c1-12(10-22-15-6-4-3-5-14(15)21-2)8-17-9-13-7-16(18(19)20)23-11-13/h3-7,11-12,17H,8-10H2,1-2H3. The number of methoxy groups -OCH3 is 1. The van der Waals surface area contributed by atoms with Gasteiger partial charge < -0.3 is 10.1 Å². The van der Waals surface area contributed by atoms with Gasteiger partial charge >= 0.3 is 5.00 Å². The summed E-state index contributed by atoms with van der Waals surface area (Å²) in [4.78, 5) is 11.5. The molecule has 0 radical (unpaired) electrons. The second-order valence-corrected chi connectivity index (χ2v) is 7.20. The van der Waals surface area contributed by atoms with Crippen LogP contribution in [-0.2, 0) is 6.54 Å². The maximum Gasteiger partial charge on any atom is 0.324 e. The van der Waals surface area contributed by atoms with Gasteiger partial charge in [0, 0.05) is 28.6 Å². The maximum atomic E-state index is 10.7. The topological polar surface area (TPSA) is 64.4 Å². The summed E-state index contributed by atoms with van der Waals surface area (Å²) in [6, 6.07) is 9.64. The minimum Gasteiger partial charge on any atom is -0.496 e. The number of benzene rings is 1. The van der Waals surface area contributed by atoms with Crippen LogP contribution in [0.3, 0.4) is 0 Å². The number of hydrogen-bond acceptors (Lipinski definition) is 6. The Balaban J connectivity index is 1.72. The van der Waals surface area contributed by atoms with Crippen LogP contribution in [0.15, 0.2) is 40.6 Å². The highest BCUT2D eigenvalue weighted by atomic mass is 32.2. The van der Waals surface area contributed by atoms with Crippen molar-refractivity contribution >= 4 is 28.1 Å². The molecule has 1 heterocycles. The number of rotatable bonds is 9. The Morgan fingerprint density at radius 1 is 1.43 bits per heavy atom. The van der Waals surface area contributed by atoms with Crippen LogP contribution in [-0.4, -0.2) is 24.3 Å². The van der Waals surface area contributed by atoms with E-state index in [1.807, 2.05) is 23.6 Å². The summed E-state index contributed by atoms with van der Waals surface area (Å²) in [6.07, 6.45) is 0. The van der Waals surface area contributed by atoms with E-state index in [0.717, 1.165) is 28.5 Å². The lowest BCUT2D eigenvalue weighted by Crippen LogP contribution is -2.21. The fourth-order valence-electron chi connectivity index (χ4n) is 2.04. The van der Waals surface area contributed by atoms with Crippen LogP contribution in [0.2, 0.25) is 0 Å². The highest BCUT2D eigenvalue weighted by Crippen LogP contribution is 2.30. The average Bonchev–Trinajstić information content (AvgIpc) is 3.02. The zero-order valence-electron chi connectivity index (χ0n) is 13.2. The number of hydrogen-bond donors (Lipinski definition) is 1. The Kier molecular flexibility index (Phi) is 6.88. The average molecular weight is 352 g/mol. The molecule has 0 aliphatic rings. The highest BCUT2D eigenvalue weighted by Gasteiger charge is 2.10. The first-order valence-electron chi connectivity index (χ1n) is 7.28. The number of nitro groups is 1. The van der Waals surface area contributed by atoms with Crippen molar-refractivity contribution < 1.29 is 9.66 Å². The molecule has 0 saturated heterocycles. The minimum atomic E-state index is -0.347. The largest absolute Gasteiger partial charge is 0.496 e. The third-order valence-electron chi connectivity index (χ3n) is 3.23. The SMILES string of the molecule is COc1ccccc1SCC(C)CNCc1csc([N+](=O)[O-])c1. The van der Waals surface area contributed by atoms with Crippen molar-refractivity contribution in [1.82, 2.24) is 5.32 Å². The van der Waals surface area contributed by atoms with Crippen molar-refractivity contribution in [3.05, 3.63) is 51.4 Å². The summed E-state index contributed by atoms with van der Waals surface area (Å²) in [5.41, 5.74) is 0.964. The molecular formula is C16H20N2O3S2. The third-order valence-corrected chi connectivity index (χ3v) is 5.55. The quantitative estimate of drug-likeness (QED) is 0.417. The van der Waals surface area contributed by atoms with E-state index in [1.165, 1.54) is 11.3 Å². The Morgan fingerprint density at radius 3 is 2.91 bits per heavy atom. The zero-order valence-corrected chi connectivity index (χ0v) is 14.8. The smallest absolute Gasteiger partial charge is 0.324 e. The molecule has 0 spiro atoms. The Morgan fingerprint density at radius 2 is 2.22 bits per heavy atom. The number of para-hydroxylation sites is 1. The Hall–Kier alpha value is -1.57. The minimum absolute atomic E-state index is 0.196. The maximum absolute atomic E-state index is 10.7. The van der Waals surface area contributed by atoms with Crippen molar-refractivity contribution in [3.8, 4) is 5.75 Å². The molecule has 7 heteroatoms. The van der Waals surface area contributed by atoms with Crippen LogP contribution in [0, 0.1) is 16.0 Å². The van der Waals surface area contributed by atoms with Crippen LogP contribution in [0.1, 0.15) is 12.5 Å². The molecule has 0 aliphatic carbocycles. The third kappa shape index (κ3) is 5.53. The van der Waals surface area contributed by atoms with Gasteiger partial charge in [0.1, 0.15) is 5.75 Å². The van der Waals surface area contributed by atoms with Crippen LogP contribution in [0.25, 0.3) is 0 Å². The van der Waals surface area contributed by atoms with Crippen LogP contribution in [0.5, 0.6) is 5.75 Å².